The molecule has 0 fully saturated rings. The molecule has 0 heterocycles. The summed E-state index contributed by atoms with van der Waals surface area (Å²) >= 11 is 0. The monoisotopic (exact) mass is 1210 g/mol. The average molecular weight is 1210 g/mol. The second-order valence-corrected chi connectivity index (χ2v) is 22.3. The van der Waals surface area contributed by atoms with Crippen LogP contribution in [-0.4, -0.2) is 64.2 Å². The fourth-order valence-electron chi connectivity index (χ4n) is 6.41. The summed E-state index contributed by atoms with van der Waals surface area (Å²) < 4.78 is 67.9. The second kappa shape index (κ2) is 44.5. The van der Waals surface area contributed by atoms with Gasteiger partial charge in [-0.15, -0.1) is 46.7 Å². The first kappa shape index (κ1) is 73.6. The molecule has 0 aliphatic heterocycles. The van der Waals surface area contributed by atoms with E-state index in [4.69, 9.17) is 47.8 Å². The molecule has 76 heavy (non-hydrogen) atoms. The summed E-state index contributed by atoms with van der Waals surface area (Å²) in [5.74, 6) is 0. The van der Waals surface area contributed by atoms with Crippen molar-refractivity contribution >= 4 is 47.7 Å². The minimum atomic E-state index is -4.94. The Balaban J connectivity index is 0. The minimum Gasteiger partial charge on any atom is -0.657 e. The Morgan fingerprint density at radius 1 is 0.382 bits per heavy atom. The van der Waals surface area contributed by atoms with Gasteiger partial charge in [-0.25, -0.2) is 37.3 Å². The molecule has 0 N–H and O–H groups in total. The number of benzene rings is 7. The predicted octanol–water partition coefficient (Wildman–Crippen LogP) is 0.454. The summed E-state index contributed by atoms with van der Waals surface area (Å²) in [5.41, 5.74) is 2.56. The molecule has 7 aromatic rings. The first-order chi connectivity index (χ1) is 35.3. The van der Waals surface area contributed by atoms with Crippen LogP contribution in [-0.2, 0) is 47.2 Å². The van der Waals surface area contributed by atoms with E-state index in [0.717, 1.165) is 39.3 Å². The maximum atomic E-state index is 8.49. The van der Waals surface area contributed by atoms with Crippen LogP contribution in [0.15, 0.2) is 206 Å². The van der Waals surface area contributed by atoms with E-state index in [1.54, 1.807) is 12.1 Å². The van der Waals surface area contributed by atoms with E-state index in [9.17, 15) is 0 Å². The molecule has 2 radical (unpaired) electrons. The van der Waals surface area contributed by atoms with E-state index in [1.807, 2.05) is 0 Å². The van der Waals surface area contributed by atoms with Crippen LogP contribution in [0.3, 0.4) is 0 Å². The molecule has 0 amide bonds. The zero-order chi connectivity index (χ0) is 55.0. The summed E-state index contributed by atoms with van der Waals surface area (Å²) in [5, 5.41) is 32.4. The Kier molecular flexibility index (Phi) is 43.1. The van der Waals surface area contributed by atoms with Gasteiger partial charge < -0.3 is 20.4 Å². The van der Waals surface area contributed by atoms with Gasteiger partial charge in [0.2, 0.25) is 0 Å². The molecule has 0 spiro atoms. The topological polar surface area (TPSA) is 267 Å². The van der Waals surface area contributed by atoms with Gasteiger partial charge in [0.1, 0.15) is 31.8 Å². The number of nitriles is 2. The van der Waals surface area contributed by atoms with E-state index in [-0.39, 0.29) is 34.1 Å². The molecule has 7 rings (SSSR count). The number of hydrogen-bond acceptors (Lipinski definition) is 12. The Labute approximate surface area is 478 Å². The summed E-state index contributed by atoms with van der Waals surface area (Å²) in [6.07, 6.45) is 0. The van der Waals surface area contributed by atoms with Crippen molar-refractivity contribution < 1.29 is 91.9 Å². The van der Waals surface area contributed by atoms with Gasteiger partial charge in [-0.3, -0.25) is 0 Å². The molecule has 0 aromatic heterocycles. The van der Waals surface area contributed by atoms with E-state index >= 15 is 0 Å². The molecule has 0 saturated carbocycles. The van der Waals surface area contributed by atoms with E-state index < -0.39 is 36.3 Å². The molecule has 20 heteroatoms. The Bertz CT molecular complexity index is 2170. The van der Waals surface area contributed by atoms with Crippen LogP contribution in [0, 0.1) is 43.1 Å². The molecule has 0 unspecified atom stereocenters. The standard InChI is InChI=1S/2C18H15P.C16H28N4.2C2H3N.2ClHO4.2Cu/c2*1-4-10-16(11-5-1)19(17-12-6-2-7-13-17)18-14-8-3-9-15-18;1-19(2)10-8-17-13-15-6-5-7-16(12-15)14-18-9-11-20(3)4;2*1-2-3;2*2-1(3,4)5;;/h2*1-15H;5-7,12H,8-11,13-14H2,1-4H3;2*1H3;2*(H,2,3,4,5);;/q;;-2;;;;;2*+2. The first-order valence-electron chi connectivity index (χ1n) is 22.9. The van der Waals surface area contributed by atoms with Gasteiger partial charge in [0.25, 0.3) is 0 Å². The first-order valence-corrected chi connectivity index (χ1v) is 28.3. The van der Waals surface area contributed by atoms with Crippen LogP contribution in [0.25, 0.3) is 10.6 Å². The van der Waals surface area contributed by atoms with Crippen molar-refractivity contribution in [3.05, 3.63) is 228 Å². The number of likely N-dealkylation sites (N-methyl/N-ethyl adjacent to an activating group) is 2. The summed E-state index contributed by atoms with van der Waals surface area (Å²) in [6.45, 7) is 8.28. The second-order valence-electron chi connectivity index (χ2n) is 15.8. The molecule has 0 saturated heterocycles. The van der Waals surface area contributed by atoms with Crippen LogP contribution in [0.2, 0.25) is 0 Å². The van der Waals surface area contributed by atoms with Gasteiger partial charge in [-0.1, -0.05) is 145 Å². The molecule has 0 aliphatic rings. The molecule has 0 aliphatic carbocycles. The Hall–Kier alpha value is -4.48. The summed E-state index contributed by atoms with van der Waals surface area (Å²) in [4.78, 5) is 4.31. The molecule has 412 valence electrons. The molecule has 0 bridgehead atoms. The SMILES string of the molecule is CC#N.CC#N.CN(C)CC[N-]Cc1cccc(C[N-]CCN(C)C)c1.[Cu+2].[Cu+2].[O-][Cl+3]([O-])([O-])[O-].[O-][Cl+3]([O-])([O-])[O-].c1ccc([PH+](c2ccccc2)c2ccccc2)cc1.c1ccc([PH+](c2ccccc2)c2ccccc2)cc1. The van der Waals surface area contributed by atoms with Gasteiger partial charge in [-0.05, 0) is 114 Å². The van der Waals surface area contributed by atoms with Gasteiger partial charge in [0, 0.05) is 13.8 Å². The van der Waals surface area contributed by atoms with Gasteiger partial charge in [0.05, 0.1) is 28.0 Å². The number of hydrogen-bond donors (Lipinski definition) is 0. The number of rotatable bonds is 16. The predicted molar refractivity (Wildman–Crippen MR) is 283 cm³/mol. The Morgan fingerprint density at radius 2 is 0.566 bits per heavy atom. The minimum absolute atomic E-state index is 0. The van der Waals surface area contributed by atoms with E-state index in [2.05, 4.69) is 255 Å². The van der Waals surface area contributed by atoms with Crippen molar-refractivity contribution in [2.45, 2.75) is 26.9 Å². The smallest absolute Gasteiger partial charge is 0.657 e. The van der Waals surface area contributed by atoms with Crippen molar-refractivity contribution in [2.75, 3.05) is 54.4 Å². The van der Waals surface area contributed by atoms with Crippen molar-refractivity contribution in [3.63, 3.8) is 0 Å². The molecule has 7 aromatic carbocycles. The van der Waals surface area contributed by atoms with Crippen LogP contribution >= 0.6 is 15.8 Å². The van der Waals surface area contributed by atoms with Crippen LogP contribution in [0.4, 0.5) is 0 Å². The third-order valence-electron chi connectivity index (χ3n) is 9.37. The molecule has 14 nitrogen and oxygen atoms in total. The van der Waals surface area contributed by atoms with E-state index in [1.165, 1.54) is 56.8 Å². The van der Waals surface area contributed by atoms with Crippen molar-refractivity contribution in [1.82, 2.24) is 9.80 Å². The summed E-state index contributed by atoms with van der Waals surface area (Å²) in [6, 6.07) is 77.1. The van der Waals surface area contributed by atoms with Gasteiger partial charge in [0.15, 0.2) is 0 Å². The average Bonchev–Trinajstić information content (AvgIpc) is 3.36. The third kappa shape index (κ3) is 39.0. The zero-order valence-corrected chi connectivity index (χ0v) is 48.6. The largest absolute Gasteiger partial charge is 2.00 e. The van der Waals surface area contributed by atoms with Crippen molar-refractivity contribution in [3.8, 4) is 12.1 Å². The quantitative estimate of drug-likeness (QED) is 0.0726. The van der Waals surface area contributed by atoms with Crippen LogP contribution < -0.4 is 69.1 Å². The van der Waals surface area contributed by atoms with Gasteiger partial charge >= 0.3 is 34.1 Å². The fraction of sp³-hybridized carbons (Fsp3) is 0.214. The Morgan fingerprint density at radius 3 is 0.737 bits per heavy atom. The zero-order valence-electron chi connectivity index (χ0n) is 43.2. The van der Waals surface area contributed by atoms with Gasteiger partial charge in [-0.2, -0.15) is 10.5 Å². The van der Waals surface area contributed by atoms with Crippen LogP contribution in [0.1, 0.15) is 25.0 Å². The fourth-order valence-corrected chi connectivity index (χ4v) is 11.6. The maximum absolute atomic E-state index is 8.49. The normalized spacial score (nSPS) is 10.1. The molecular formula is C56H66Cl2Cu2N6O8P2+2. The third-order valence-corrected chi connectivity index (χ3v) is 14.8. The van der Waals surface area contributed by atoms with Crippen LogP contribution in [0.5, 0.6) is 0 Å². The van der Waals surface area contributed by atoms with Crippen molar-refractivity contribution in [1.29, 1.82) is 10.5 Å². The number of halogens is 2. The van der Waals surface area contributed by atoms with Crippen molar-refractivity contribution in [2.24, 2.45) is 0 Å². The van der Waals surface area contributed by atoms with E-state index in [0.29, 0.717) is 0 Å². The maximum Gasteiger partial charge on any atom is 2.00 e. The molecular weight excluding hydrogens is 1140 g/mol. The summed E-state index contributed by atoms with van der Waals surface area (Å²) in [7, 11) is -3.34. The molecule has 0 atom stereocenters. The number of nitrogens with zero attached hydrogens (tertiary/aromatic N) is 6.